The van der Waals surface area contributed by atoms with E-state index in [1.165, 1.54) is 18.2 Å². The summed E-state index contributed by atoms with van der Waals surface area (Å²) in [7, 11) is -3.39. The first-order valence-corrected chi connectivity index (χ1v) is 9.52. The summed E-state index contributed by atoms with van der Waals surface area (Å²) in [5, 5.41) is 3.28. The van der Waals surface area contributed by atoms with Gasteiger partial charge in [0.15, 0.2) is 0 Å². The SMILES string of the molecule is Cl.O=S(=O)(Cc1ccc(F)c(Cl)c1)N1CCC2(CCNCC2)C1. The van der Waals surface area contributed by atoms with Gasteiger partial charge in [-0.25, -0.2) is 17.1 Å². The van der Waals surface area contributed by atoms with Gasteiger partial charge in [0.25, 0.3) is 0 Å². The van der Waals surface area contributed by atoms with Crippen molar-refractivity contribution in [2.24, 2.45) is 5.41 Å². The Hall–Kier alpha value is -0.400. The first kappa shape index (κ1) is 18.9. The summed E-state index contributed by atoms with van der Waals surface area (Å²) in [6, 6.07) is 4.09. The molecule has 1 spiro atoms. The van der Waals surface area contributed by atoms with E-state index in [9.17, 15) is 12.8 Å². The summed E-state index contributed by atoms with van der Waals surface area (Å²) >= 11 is 5.73. The summed E-state index contributed by atoms with van der Waals surface area (Å²) in [6.07, 6.45) is 2.99. The second-order valence-corrected chi connectivity index (χ2v) is 8.71. The van der Waals surface area contributed by atoms with Crippen molar-refractivity contribution in [3.05, 3.63) is 34.6 Å². The summed E-state index contributed by atoms with van der Waals surface area (Å²) in [6.45, 7) is 3.10. The first-order valence-electron chi connectivity index (χ1n) is 7.53. The Balaban J connectivity index is 0.00000192. The number of sulfonamides is 1. The third kappa shape index (κ3) is 4.17. The van der Waals surface area contributed by atoms with Crippen LogP contribution >= 0.6 is 24.0 Å². The molecule has 0 aromatic heterocycles. The largest absolute Gasteiger partial charge is 0.317 e. The first-order chi connectivity index (χ1) is 10.4. The van der Waals surface area contributed by atoms with Crippen LogP contribution in [0.15, 0.2) is 18.2 Å². The number of rotatable bonds is 3. The van der Waals surface area contributed by atoms with Gasteiger partial charge in [0.2, 0.25) is 10.0 Å². The molecule has 1 aromatic carbocycles. The van der Waals surface area contributed by atoms with Gasteiger partial charge in [-0.15, -0.1) is 12.4 Å². The van der Waals surface area contributed by atoms with Crippen molar-refractivity contribution >= 4 is 34.0 Å². The number of hydrogen-bond acceptors (Lipinski definition) is 3. The topological polar surface area (TPSA) is 49.4 Å². The van der Waals surface area contributed by atoms with E-state index in [2.05, 4.69) is 5.32 Å². The van der Waals surface area contributed by atoms with E-state index in [-0.39, 0.29) is 28.6 Å². The summed E-state index contributed by atoms with van der Waals surface area (Å²) in [5.41, 5.74) is 0.663. The van der Waals surface area contributed by atoms with Gasteiger partial charge in [0.05, 0.1) is 10.8 Å². The highest BCUT2D eigenvalue weighted by Gasteiger charge is 2.42. The van der Waals surface area contributed by atoms with Crippen molar-refractivity contribution in [3.63, 3.8) is 0 Å². The Kier molecular flexibility index (Phi) is 5.95. The Morgan fingerprint density at radius 3 is 2.61 bits per heavy atom. The van der Waals surface area contributed by atoms with E-state index in [0.717, 1.165) is 32.4 Å². The minimum atomic E-state index is -3.39. The van der Waals surface area contributed by atoms with Crippen LogP contribution in [0.3, 0.4) is 0 Å². The molecule has 2 fully saturated rings. The molecule has 0 aliphatic carbocycles. The van der Waals surface area contributed by atoms with Gasteiger partial charge < -0.3 is 5.32 Å². The van der Waals surface area contributed by atoms with Gasteiger partial charge >= 0.3 is 0 Å². The van der Waals surface area contributed by atoms with Crippen molar-refractivity contribution in [2.45, 2.75) is 25.0 Å². The van der Waals surface area contributed by atoms with E-state index in [1.54, 1.807) is 4.31 Å². The average molecular weight is 383 g/mol. The fourth-order valence-corrected chi connectivity index (χ4v) is 5.25. The van der Waals surface area contributed by atoms with E-state index >= 15 is 0 Å². The number of piperidine rings is 1. The summed E-state index contributed by atoms with van der Waals surface area (Å²) in [5.74, 6) is -0.654. The Bertz CT molecular complexity index is 663. The van der Waals surface area contributed by atoms with Gasteiger partial charge in [-0.2, -0.15) is 0 Å². The maximum atomic E-state index is 13.2. The number of nitrogens with one attached hydrogen (secondary N) is 1. The molecule has 0 amide bonds. The molecule has 130 valence electrons. The van der Waals surface area contributed by atoms with E-state index in [4.69, 9.17) is 11.6 Å². The molecule has 0 atom stereocenters. The smallest absolute Gasteiger partial charge is 0.218 e. The summed E-state index contributed by atoms with van der Waals surface area (Å²) in [4.78, 5) is 0. The quantitative estimate of drug-likeness (QED) is 0.874. The van der Waals surface area contributed by atoms with Crippen molar-refractivity contribution in [1.82, 2.24) is 9.62 Å². The Morgan fingerprint density at radius 2 is 1.96 bits per heavy atom. The predicted molar refractivity (Wildman–Crippen MR) is 92.0 cm³/mol. The van der Waals surface area contributed by atoms with Crippen molar-refractivity contribution < 1.29 is 12.8 Å². The van der Waals surface area contributed by atoms with Crippen LogP contribution in [0.25, 0.3) is 0 Å². The van der Waals surface area contributed by atoms with Gasteiger partial charge in [0, 0.05) is 13.1 Å². The lowest BCUT2D eigenvalue weighted by molar-refractivity contribution is 0.218. The molecule has 1 N–H and O–H groups in total. The summed E-state index contributed by atoms with van der Waals surface area (Å²) < 4.78 is 40.0. The molecule has 2 saturated heterocycles. The molecule has 0 bridgehead atoms. The molecular formula is C15H21Cl2FN2O2S. The van der Waals surface area contributed by atoms with Crippen LogP contribution in [0.1, 0.15) is 24.8 Å². The molecule has 0 unspecified atom stereocenters. The average Bonchev–Trinajstić information content (AvgIpc) is 2.88. The van der Waals surface area contributed by atoms with Gasteiger partial charge in [-0.3, -0.25) is 0 Å². The normalized spacial score (nSPS) is 21.3. The van der Waals surface area contributed by atoms with Crippen LogP contribution in [-0.2, 0) is 15.8 Å². The van der Waals surface area contributed by atoms with Crippen molar-refractivity contribution in [2.75, 3.05) is 26.2 Å². The lowest BCUT2D eigenvalue weighted by atomic mass is 9.78. The van der Waals surface area contributed by atoms with Crippen molar-refractivity contribution in [3.8, 4) is 0 Å². The Morgan fingerprint density at radius 1 is 1.26 bits per heavy atom. The van der Waals surface area contributed by atoms with Crippen LogP contribution in [0.4, 0.5) is 4.39 Å². The molecule has 2 aliphatic rings. The number of nitrogens with zero attached hydrogens (tertiary/aromatic N) is 1. The third-order valence-electron chi connectivity index (χ3n) is 4.79. The minimum absolute atomic E-state index is 0. The number of hydrogen-bond donors (Lipinski definition) is 1. The van der Waals surface area contributed by atoms with Crippen LogP contribution in [0.5, 0.6) is 0 Å². The fourth-order valence-electron chi connectivity index (χ4n) is 3.43. The monoisotopic (exact) mass is 382 g/mol. The van der Waals surface area contributed by atoms with Gasteiger partial charge in [-0.05, 0) is 55.5 Å². The lowest BCUT2D eigenvalue weighted by Crippen LogP contribution is -2.40. The highest BCUT2D eigenvalue weighted by Crippen LogP contribution is 2.40. The molecule has 0 radical (unpaired) electrons. The third-order valence-corrected chi connectivity index (χ3v) is 6.88. The lowest BCUT2D eigenvalue weighted by Gasteiger charge is -2.33. The predicted octanol–water partition coefficient (Wildman–Crippen LogP) is 2.81. The van der Waals surface area contributed by atoms with Crippen molar-refractivity contribution in [1.29, 1.82) is 0 Å². The van der Waals surface area contributed by atoms with E-state index in [1.807, 2.05) is 0 Å². The number of benzene rings is 1. The molecule has 4 nitrogen and oxygen atoms in total. The molecular weight excluding hydrogens is 362 g/mol. The fraction of sp³-hybridized carbons (Fsp3) is 0.600. The molecule has 2 heterocycles. The molecule has 8 heteroatoms. The van der Waals surface area contributed by atoms with E-state index in [0.29, 0.717) is 18.7 Å². The van der Waals surface area contributed by atoms with Crippen LogP contribution in [0, 0.1) is 11.2 Å². The highest BCUT2D eigenvalue weighted by molar-refractivity contribution is 7.88. The molecule has 23 heavy (non-hydrogen) atoms. The zero-order chi connectivity index (χ0) is 15.8. The van der Waals surface area contributed by atoms with Crippen LogP contribution in [-0.4, -0.2) is 38.9 Å². The maximum Gasteiger partial charge on any atom is 0.218 e. The maximum absolute atomic E-state index is 13.2. The molecule has 0 saturated carbocycles. The zero-order valence-corrected chi connectivity index (χ0v) is 15.1. The van der Waals surface area contributed by atoms with Gasteiger partial charge in [0.1, 0.15) is 5.82 Å². The van der Waals surface area contributed by atoms with E-state index < -0.39 is 15.8 Å². The highest BCUT2D eigenvalue weighted by atomic mass is 35.5. The van der Waals surface area contributed by atoms with Crippen LogP contribution < -0.4 is 5.32 Å². The van der Waals surface area contributed by atoms with Gasteiger partial charge in [-0.1, -0.05) is 17.7 Å². The molecule has 1 aromatic rings. The van der Waals surface area contributed by atoms with Crippen LogP contribution in [0.2, 0.25) is 5.02 Å². The zero-order valence-electron chi connectivity index (χ0n) is 12.7. The molecule has 2 aliphatic heterocycles. The molecule has 3 rings (SSSR count). The second kappa shape index (κ2) is 7.23. The Labute approximate surface area is 147 Å². The minimum Gasteiger partial charge on any atom is -0.317 e. The number of halogens is 3. The second-order valence-electron chi connectivity index (χ2n) is 6.34. The standard InChI is InChI=1S/C15H20ClFN2O2S.ClH/c16-13-9-12(1-2-14(13)17)10-22(20,21)19-8-5-15(11-19)3-6-18-7-4-15;/h1-2,9,18H,3-8,10-11H2;1H.